The van der Waals surface area contributed by atoms with E-state index in [9.17, 15) is 0 Å². The molecule has 10 aromatic rings. The molecule has 0 aliphatic carbocycles. The first-order chi connectivity index (χ1) is 22.8. The van der Waals surface area contributed by atoms with Crippen LogP contribution in [0, 0.1) is 0 Å². The molecule has 0 bridgehead atoms. The van der Waals surface area contributed by atoms with Crippen LogP contribution in [0.2, 0.25) is 0 Å². The fourth-order valence-corrected chi connectivity index (χ4v) is 6.75. The Labute approximate surface area is 262 Å². The Hall–Kier alpha value is -6.40. The summed E-state index contributed by atoms with van der Waals surface area (Å²) in [5.74, 6) is 0. The highest BCUT2D eigenvalue weighted by atomic mass is 15.1. The molecule has 0 spiro atoms. The van der Waals surface area contributed by atoms with Gasteiger partial charge in [0.25, 0.3) is 0 Å². The third kappa shape index (κ3) is 3.64. The van der Waals surface area contributed by atoms with Gasteiger partial charge >= 0.3 is 0 Å². The second-order valence-corrected chi connectivity index (χ2v) is 11.6. The summed E-state index contributed by atoms with van der Waals surface area (Å²) in [6, 6.07) is 46.1. The van der Waals surface area contributed by atoms with Gasteiger partial charge in [-0.3, -0.25) is 8.80 Å². The van der Waals surface area contributed by atoms with Gasteiger partial charge in [-0.15, -0.1) is 0 Å². The van der Waals surface area contributed by atoms with E-state index >= 15 is 0 Å². The van der Waals surface area contributed by atoms with Crippen LogP contribution in [-0.2, 0) is 0 Å². The maximum absolute atomic E-state index is 5.16. The van der Waals surface area contributed by atoms with E-state index in [1.54, 1.807) is 0 Å². The fraction of sp³-hybridized carbons (Fsp3) is 0. The van der Waals surface area contributed by atoms with E-state index in [0.29, 0.717) is 0 Å². The van der Waals surface area contributed by atoms with Crippen LogP contribution in [0.1, 0.15) is 0 Å². The standard InChI is InChI=1S/C40H24N6/c1-2-10-30-29(9-1)35(44-40-38(30)43-34-14-6-8-24-46(34)40)27-19-15-25(16-20-27)26-17-21-28(22-18-26)36-39-37(31-11-3-4-12-32(31)41-36)42-33-13-5-7-23-45(33)39/h1-24H. The number of pyridine rings is 4. The van der Waals surface area contributed by atoms with Crippen LogP contribution in [-0.4, -0.2) is 28.7 Å². The summed E-state index contributed by atoms with van der Waals surface area (Å²) >= 11 is 0. The van der Waals surface area contributed by atoms with Crippen molar-refractivity contribution >= 4 is 55.2 Å². The van der Waals surface area contributed by atoms with Crippen molar-refractivity contribution in [1.29, 1.82) is 0 Å². The van der Waals surface area contributed by atoms with Gasteiger partial charge in [-0.25, -0.2) is 19.9 Å². The summed E-state index contributed by atoms with van der Waals surface area (Å²) < 4.78 is 4.20. The predicted molar refractivity (Wildman–Crippen MR) is 186 cm³/mol. The summed E-state index contributed by atoms with van der Waals surface area (Å²) in [7, 11) is 0. The highest BCUT2D eigenvalue weighted by molar-refractivity contribution is 6.10. The van der Waals surface area contributed by atoms with E-state index in [4.69, 9.17) is 19.9 Å². The summed E-state index contributed by atoms with van der Waals surface area (Å²) in [6.07, 6.45) is 4.09. The van der Waals surface area contributed by atoms with Crippen LogP contribution in [0.5, 0.6) is 0 Å². The zero-order valence-corrected chi connectivity index (χ0v) is 24.5. The minimum absolute atomic E-state index is 0.867. The number of aromatic nitrogens is 6. The third-order valence-corrected chi connectivity index (χ3v) is 8.96. The van der Waals surface area contributed by atoms with Gasteiger partial charge in [-0.2, -0.15) is 0 Å². The van der Waals surface area contributed by atoms with E-state index in [1.165, 1.54) is 0 Å². The zero-order valence-electron chi connectivity index (χ0n) is 24.5. The fourth-order valence-electron chi connectivity index (χ4n) is 6.75. The lowest BCUT2D eigenvalue weighted by molar-refractivity contribution is 1.19. The molecule has 6 heterocycles. The van der Waals surface area contributed by atoms with E-state index < -0.39 is 0 Å². The maximum Gasteiger partial charge on any atom is 0.165 e. The molecule has 6 heteroatoms. The number of benzene rings is 4. The van der Waals surface area contributed by atoms with E-state index in [0.717, 1.165) is 88.8 Å². The molecule has 10 rings (SSSR count). The summed E-state index contributed by atoms with van der Waals surface area (Å²) in [5, 5.41) is 3.26. The van der Waals surface area contributed by atoms with Gasteiger partial charge in [0.05, 0.1) is 22.4 Å². The average Bonchev–Trinajstić information content (AvgIpc) is 3.71. The van der Waals surface area contributed by atoms with Crippen LogP contribution in [0.3, 0.4) is 0 Å². The lowest BCUT2D eigenvalue weighted by Crippen LogP contribution is -1.92. The molecule has 0 N–H and O–H groups in total. The van der Waals surface area contributed by atoms with E-state index in [1.807, 2.05) is 54.7 Å². The van der Waals surface area contributed by atoms with Crippen molar-refractivity contribution in [2.24, 2.45) is 0 Å². The maximum atomic E-state index is 5.16. The highest BCUT2D eigenvalue weighted by Crippen LogP contribution is 2.36. The molecule has 0 fully saturated rings. The Morgan fingerprint density at radius 3 is 1.65 bits per heavy atom. The summed E-state index contributed by atoms with van der Waals surface area (Å²) in [6.45, 7) is 0. The lowest BCUT2D eigenvalue weighted by atomic mass is 9.98. The molecule has 4 aromatic carbocycles. The highest BCUT2D eigenvalue weighted by Gasteiger charge is 2.17. The monoisotopic (exact) mass is 588 g/mol. The molecular formula is C40H24N6. The molecule has 46 heavy (non-hydrogen) atoms. The van der Waals surface area contributed by atoms with Crippen molar-refractivity contribution in [2.75, 3.05) is 0 Å². The molecule has 0 saturated heterocycles. The van der Waals surface area contributed by atoms with Gasteiger partial charge < -0.3 is 0 Å². The zero-order chi connectivity index (χ0) is 30.2. The average molecular weight is 589 g/mol. The van der Waals surface area contributed by atoms with Crippen LogP contribution < -0.4 is 0 Å². The minimum atomic E-state index is 0.867. The molecule has 6 aromatic heterocycles. The van der Waals surface area contributed by atoms with Crippen LogP contribution >= 0.6 is 0 Å². The minimum Gasteiger partial charge on any atom is -0.298 e. The number of para-hydroxylation sites is 1. The summed E-state index contributed by atoms with van der Waals surface area (Å²) in [5.41, 5.74) is 12.8. The van der Waals surface area contributed by atoms with Crippen molar-refractivity contribution < 1.29 is 0 Å². The number of rotatable bonds is 3. The van der Waals surface area contributed by atoms with Crippen LogP contribution in [0.4, 0.5) is 0 Å². The van der Waals surface area contributed by atoms with Crippen LogP contribution in [0.15, 0.2) is 146 Å². The predicted octanol–water partition coefficient (Wildman–Crippen LogP) is 9.39. The molecule has 0 amide bonds. The van der Waals surface area contributed by atoms with Crippen molar-refractivity contribution in [3.05, 3.63) is 146 Å². The van der Waals surface area contributed by atoms with Crippen molar-refractivity contribution in [1.82, 2.24) is 28.7 Å². The Morgan fingerprint density at radius 1 is 0.370 bits per heavy atom. The second kappa shape index (κ2) is 9.55. The molecule has 214 valence electrons. The molecule has 0 unspecified atom stereocenters. The van der Waals surface area contributed by atoms with Crippen molar-refractivity contribution in [3.8, 4) is 33.6 Å². The van der Waals surface area contributed by atoms with Gasteiger partial charge in [0.1, 0.15) is 22.3 Å². The number of fused-ring (bicyclic) bond motifs is 10. The SMILES string of the molecule is c1ccc2c(c1)nc(-c1ccc(-c3ccc(-c4nc5c(nc6ccccn65)c5ccccc45)cc3)cc1)c1c2nc2ccccn21. The molecular weight excluding hydrogens is 564 g/mol. The largest absolute Gasteiger partial charge is 0.298 e. The Bertz CT molecular complexity index is 2790. The van der Waals surface area contributed by atoms with Gasteiger partial charge in [0, 0.05) is 39.7 Å². The second-order valence-electron chi connectivity index (χ2n) is 11.6. The van der Waals surface area contributed by atoms with Crippen molar-refractivity contribution in [2.45, 2.75) is 0 Å². The van der Waals surface area contributed by atoms with E-state index in [2.05, 4.69) is 99.9 Å². The number of nitrogens with zero attached hydrogens (tertiary/aromatic N) is 6. The first-order valence-electron chi connectivity index (χ1n) is 15.3. The summed E-state index contributed by atoms with van der Waals surface area (Å²) in [4.78, 5) is 20.2. The first-order valence-corrected chi connectivity index (χ1v) is 15.3. The molecule has 0 aliphatic rings. The molecule has 6 nitrogen and oxygen atoms in total. The van der Waals surface area contributed by atoms with Gasteiger partial charge in [-0.1, -0.05) is 103 Å². The van der Waals surface area contributed by atoms with Crippen molar-refractivity contribution in [3.63, 3.8) is 0 Å². The molecule has 0 saturated carbocycles. The quantitative estimate of drug-likeness (QED) is 0.206. The topological polar surface area (TPSA) is 60.4 Å². The first kappa shape index (κ1) is 25.0. The Morgan fingerprint density at radius 2 is 0.913 bits per heavy atom. The van der Waals surface area contributed by atoms with E-state index in [-0.39, 0.29) is 0 Å². The number of hydrogen-bond donors (Lipinski definition) is 0. The van der Waals surface area contributed by atoms with Gasteiger partial charge in [0.2, 0.25) is 0 Å². The lowest BCUT2D eigenvalue weighted by Gasteiger charge is -2.10. The van der Waals surface area contributed by atoms with Crippen LogP contribution in [0.25, 0.3) is 88.8 Å². The normalized spacial score (nSPS) is 11.9. The van der Waals surface area contributed by atoms with Gasteiger partial charge in [0.15, 0.2) is 5.65 Å². The Kier molecular flexibility index (Phi) is 5.19. The smallest absolute Gasteiger partial charge is 0.165 e. The third-order valence-electron chi connectivity index (χ3n) is 8.96. The number of imidazole rings is 2. The number of hydrogen-bond acceptors (Lipinski definition) is 4. The van der Waals surface area contributed by atoms with Gasteiger partial charge in [-0.05, 0) is 41.5 Å². The molecule has 0 atom stereocenters. The molecule has 0 radical (unpaired) electrons. The molecule has 0 aliphatic heterocycles. The Balaban J connectivity index is 1.06.